The van der Waals surface area contributed by atoms with Gasteiger partial charge in [0.15, 0.2) is 0 Å². The Morgan fingerprint density at radius 1 is 1.44 bits per heavy atom. The van der Waals surface area contributed by atoms with Crippen LogP contribution in [0.3, 0.4) is 0 Å². The molecule has 6 heteroatoms. The lowest BCUT2D eigenvalue weighted by molar-refractivity contribution is -0.127. The average molecular weight is 246 g/mol. The highest BCUT2D eigenvalue weighted by molar-refractivity contribution is 5.92. The molecule has 0 aliphatic rings. The van der Waals surface area contributed by atoms with Crippen molar-refractivity contribution in [3.05, 3.63) is 42.2 Å². The molecule has 1 aromatic carbocycles. The Bertz CT molecular complexity index is 484. The number of nitrogens with zero attached hydrogens (tertiary/aromatic N) is 2. The number of benzene rings is 1. The van der Waals surface area contributed by atoms with E-state index in [-0.39, 0.29) is 5.91 Å². The summed E-state index contributed by atoms with van der Waals surface area (Å²) in [6.45, 7) is 2.08. The summed E-state index contributed by atoms with van der Waals surface area (Å²) in [5.41, 5.74) is 1.02. The number of amides is 1. The topological polar surface area (TPSA) is 79.9 Å². The number of carbonyl (C=O) groups is 1. The van der Waals surface area contributed by atoms with Gasteiger partial charge in [-0.05, 0) is 12.5 Å². The van der Waals surface area contributed by atoms with E-state index in [4.69, 9.17) is 4.74 Å². The van der Waals surface area contributed by atoms with E-state index in [1.54, 1.807) is 6.92 Å². The molecule has 1 aromatic heterocycles. The van der Waals surface area contributed by atoms with Crippen molar-refractivity contribution < 1.29 is 9.53 Å². The third kappa shape index (κ3) is 3.39. The second-order valence-electron chi connectivity index (χ2n) is 3.76. The monoisotopic (exact) mass is 246 g/mol. The molecule has 6 nitrogen and oxygen atoms in total. The normalized spacial score (nSPS) is 12.1. The Morgan fingerprint density at radius 2 is 2.22 bits per heavy atom. The summed E-state index contributed by atoms with van der Waals surface area (Å²) in [6, 6.07) is 9.68. The van der Waals surface area contributed by atoms with Crippen LogP contribution in [-0.4, -0.2) is 27.2 Å². The molecule has 1 amide bonds. The molecule has 0 aliphatic heterocycles. The number of hydrogen-bond acceptors (Lipinski definition) is 4. The fourth-order valence-corrected chi connectivity index (χ4v) is 1.36. The van der Waals surface area contributed by atoms with Crippen LogP contribution in [0.2, 0.25) is 0 Å². The van der Waals surface area contributed by atoms with Crippen LogP contribution in [-0.2, 0) is 16.1 Å². The molecule has 2 aromatic rings. The molecule has 0 radical (unpaired) electrons. The summed E-state index contributed by atoms with van der Waals surface area (Å²) in [7, 11) is 0. The van der Waals surface area contributed by atoms with Gasteiger partial charge in [0.2, 0.25) is 5.95 Å². The number of ether oxygens (including phenoxy) is 1. The van der Waals surface area contributed by atoms with Gasteiger partial charge < -0.3 is 4.74 Å². The van der Waals surface area contributed by atoms with E-state index in [2.05, 4.69) is 20.5 Å². The van der Waals surface area contributed by atoms with E-state index in [0.29, 0.717) is 12.6 Å². The number of hydrogen-bond donors (Lipinski definition) is 2. The first-order valence-electron chi connectivity index (χ1n) is 5.57. The molecular formula is C12H14N4O2. The van der Waals surface area contributed by atoms with Crippen molar-refractivity contribution in [3.63, 3.8) is 0 Å². The van der Waals surface area contributed by atoms with Crippen molar-refractivity contribution in [2.75, 3.05) is 5.32 Å². The zero-order chi connectivity index (χ0) is 12.8. The average Bonchev–Trinajstić information content (AvgIpc) is 2.90. The van der Waals surface area contributed by atoms with Crippen molar-refractivity contribution in [2.24, 2.45) is 0 Å². The first kappa shape index (κ1) is 12.3. The fraction of sp³-hybridized carbons (Fsp3) is 0.250. The van der Waals surface area contributed by atoms with Crippen molar-refractivity contribution >= 4 is 11.9 Å². The smallest absolute Gasteiger partial charge is 0.255 e. The van der Waals surface area contributed by atoms with E-state index in [9.17, 15) is 4.79 Å². The minimum absolute atomic E-state index is 0.261. The van der Waals surface area contributed by atoms with Crippen LogP contribution in [0.5, 0.6) is 0 Å². The van der Waals surface area contributed by atoms with Gasteiger partial charge in [0.05, 0.1) is 6.61 Å². The van der Waals surface area contributed by atoms with Crippen LogP contribution in [0.15, 0.2) is 36.7 Å². The van der Waals surface area contributed by atoms with E-state index in [1.807, 2.05) is 30.3 Å². The third-order valence-electron chi connectivity index (χ3n) is 2.37. The number of carbonyl (C=O) groups excluding carboxylic acids is 1. The predicted octanol–water partition coefficient (Wildman–Crippen LogP) is 1.35. The molecule has 2 N–H and O–H groups in total. The maximum Gasteiger partial charge on any atom is 0.255 e. The van der Waals surface area contributed by atoms with Crippen LogP contribution in [0.1, 0.15) is 12.5 Å². The molecule has 0 saturated heterocycles. The minimum atomic E-state index is -0.560. The van der Waals surface area contributed by atoms with Gasteiger partial charge in [-0.2, -0.15) is 10.1 Å². The Kier molecular flexibility index (Phi) is 4.03. The molecule has 1 unspecified atom stereocenters. The van der Waals surface area contributed by atoms with Gasteiger partial charge >= 0.3 is 0 Å². The Labute approximate surface area is 104 Å². The quantitative estimate of drug-likeness (QED) is 0.834. The molecule has 0 spiro atoms. The maximum absolute atomic E-state index is 11.7. The van der Waals surface area contributed by atoms with Crippen LogP contribution in [0, 0.1) is 0 Å². The van der Waals surface area contributed by atoms with Gasteiger partial charge in [0.1, 0.15) is 12.4 Å². The first-order valence-corrected chi connectivity index (χ1v) is 5.57. The summed E-state index contributed by atoms with van der Waals surface area (Å²) in [5, 5.41) is 8.75. The van der Waals surface area contributed by atoms with E-state index in [0.717, 1.165) is 5.56 Å². The zero-order valence-corrected chi connectivity index (χ0v) is 9.96. The lowest BCUT2D eigenvalue weighted by Gasteiger charge is -2.11. The number of nitrogens with one attached hydrogen (secondary N) is 2. The van der Waals surface area contributed by atoms with E-state index < -0.39 is 6.10 Å². The summed E-state index contributed by atoms with van der Waals surface area (Å²) < 4.78 is 5.46. The Morgan fingerprint density at radius 3 is 2.89 bits per heavy atom. The van der Waals surface area contributed by atoms with Crippen molar-refractivity contribution in [1.29, 1.82) is 0 Å². The van der Waals surface area contributed by atoms with E-state index >= 15 is 0 Å². The van der Waals surface area contributed by atoms with Gasteiger partial charge in [-0.25, -0.2) is 5.10 Å². The molecule has 94 valence electrons. The van der Waals surface area contributed by atoms with Crippen LogP contribution >= 0.6 is 0 Å². The molecule has 1 heterocycles. The van der Waals surface area contributed by atoms with Crippen molar-refractivity contribution in [2.45, 2.75) is 19.6 Å². The molecule has 0 saturated carbocycles. The number of anilines is 1. The van der Waals surface area contributed by atoms with E-state index in [1.165, 1.54) is 6.33 Å². The predicted molar refractivity (Wildman–Crippen MR) is 65.7 cm³/mol. The van der Waals surface area contributed by atoms with Gasteiger partial charge in [-0.15, -0.1) is 0 Å². The second-order valence-corrected chi connectivity index (χ2v) is 3.76. The molecule has 0 fully saturated rings. The van der Waals surface area contributed by atoms with Gasteiger partial charge in [0.25, 0.3) is 5.91 Å². The van der Waals surface area contributed by atoms with Crippen molar-refractivity contribution in [3.8, 4) is 0 Å². The highest BCUT2D eigenvalue weighted by Gasteiger charge is 2.14. The summed E-state index contributed by atoms with van der Waals surface area (Å²) in [6.07, 6.45) is 0.765. The molecule has 1 atom stereocenters. The highest BCUT2D eigenvalue weighted by atomic mass is 16.5. The standard InChI is InChI=1S/C12H14N4O2/c1-9(11(17)15-12-13-8-14-16-12)18-7-10-5-3-2-4-6-10/h2-6,8-9H,7H2,1H3,(H2,13,14,15,16,17). The lowest BCUT2D eigenvalue weighted by Crippen LogP contribution is -2.28. The van der Waals surface area contributed by atoms with Crippen LogP contribution in [0.4, 0.5) is 5.95 Å². The molecule has 18 heavy (non-hydrogen) atoms. The van der Waals surface area contributed by atoms with Gasteiger partial charge in [-0.1, -0.05) is 30.3 Å². The first-order chi connectivity index (χ1) is 8.75. The van der Waals surface area contributed by atoms with Crippen LogP contribution in [0.25, 0.3) is 0 Å². The second kappa shape index (κ2) is 5.92. The SMILES string of the molecule is CC(OCc1ccccc1)C(=O)Nc1ncn[nH]1. The Hall–Kier alpha value is -2.21. The zero-order valence-electron chi connectivity index (χ0n) is 9.96. The number of rotatable bonds is 5. The van der Waals surface area contributed by atoms with Crippen molar-refractivity contribution in [1.82, 2.24) is 15.2 Å². The summed E-state index contributed by atoms with van der Waals surface area (Å²) in [4.78, 5) is 15.5. The fourth-order valence-electron chi connectivity index (χ4n) is 1.36. The van der Waals surface area contributed by atoms with Crippen LogP contribution < -0.4 is 5.32 Å². The molecular weight excluding hydrogens is 232 g/mol. The molecule has 0 bridgehead atoms. The minimum Gasteiger partial charge on any atom is -0.364 e. The largest absolute Gasteiger partial charge is 0.364 e. The Balaban J connectivity index is 1.81. The number of H-pyrrole nitrogens is 1. The summed E-state index contributed by atoms with van der Waals surface area (Å²) >= 11 is 0. The highest BCUT2D eigenvalue weighted by Crippen LogP contribution is 2.04. The number of aromatic nitrogens is 3. The third-order valence-corrected chi connectivity index (χ3v) is 2.37. The van der Waals surface area contributed by atoms with Gasteiger partial charge in [-0.3, -0.25) is 10.1 Å². The molecule has 2 rings (SSSR count). The number of aromatic amines is 1. The molecule has 0 aliphatic carbocycles. The maximum atomic E-state index is 11.7. The van der Waals surface area contributed by atoms with Gasteiger partial charge in [0, 0.05) is 0 Å². The lowest BCUT2D eigenvalue weighted by atomic mass is 10.2. The summed E-state index contributed by atoms with van der Waals surface area (Å²) in [5.74, 6) is 0.0536.